The fraction of sp³-hybridized carbons (Fsp3) is 0.133. The van der Waals surface area contributed by atoms with Gasteiger partial charge in [-0.2, -0.15) is 0 Å². The summed E-state index contributed by atoms with van der Waals surface area (Å²) in [4.78, 5) is 5.84. The number of benzene rings is 1. The number of hydrogen-bond acceptors (Lipinski definition) is 3. The van der Waals surface area contributed by atoms with Gasteiger partial charge in [-0.05, 0) is 23.1 Å². The van der Waals surface area contributed by atoms with Crippen molar-refractivity contribution < 1.29 is 0 Å². The molecule has 1 N–H and O–H groups in total. The quantitative estimate of drug-likeness (QED) is 0.731. The summed E-state index contributed by atoms with van der Waals surface area (Å²) in [6.07, 6.45) is 3.94. The van der Waals surface area contributed by atoms with Crippen molar-refractivity contribution in [3.05, 3.63) is 70.4 Å². The first-order valence-corrected chi connectivity index (χ1v) is 7.18. The average molecular weight is 267 g/mol. The van der Waals surface area contributed by atoms with E-state index in [1.54, 1.807) is 11.3 Å². The normalized spacial score (nSPS) is 17.2. The Kier molecular flexibility index (Phi) is 2.42. The third kappa shape index (κ3) is 1.76. The highest BCUT2D eigenvalue weighted by atomic mass is 32.1. The van der Waals surface area contributed by atoms with Gasteiger partial charge in [0.2, 0.25) is 0 Å². The van der Waals surface area contributed by atoms with Gasteiger partial charge in [0.15, 0.2) is 0 Å². The molecule has 1 aliphatic rings. The summed E-state index contributed by atoms with van der Waals surface area (Å²) < 4.78 is 2.23. The molecule has 3 aromatic rings. The molecule has 0 saturated heterocycles. The van der Waals surface area contributed by atoms with Gasteiger partial charge in [-0.25, -0.2) is 4.98 Å². The van der Waals surface area contributed by atoms with Gasteiger partial charge in [0, 0.05) is 23.0 Å². The van der Waals surface area contributed by atoms with Crippen LogP contribution in [0.1, 0.15) is 22.3 Å². The van der Waals surface area contributed by atoms with Crippen molar-refractivity contribution >= 4 is 17.0 Å². The van der Waals surface area contributed by atoms with Crippen molar-refractivity contribution in [2.45, 2.75) is 12.6 Å². The Labute approximate surface area is 115 Å². The van der Waals surface area contributed by atoms with Gasteiger partial charge >= 0.3 is 0 Å². The van der Waals surface area contributed by atoms with Gasteiger partial charge in [0.25, 0.3) is 0 Å². The van der Waals surface area contributed by atoms with E-state index in [1.807, 2.05) is 6.20 Å². The molecule has 4 rings (SSSR count). The number of para-hydroxylation sites is 1. The third-order valence-electron chi connectivity index (χ3n) is 3.49. The van der Waals surface area contributed by atoms with E-state index in [-0.39, 0.29) is 6.04 Å². The second-order valence-electron chi connectivity index (χ2n) is 4.66. The van der Waals surface area contributed by atoms with Crippen LogP contribution in [0.15, 0.2) is 54.2 Å². The Bertz CT molecular complexity index is 700. The first-order valence-electron chi connectivity index (χ1n) is 6.31. The zero-order valence-electron chi connectivity index (χ0n) is 10.3. The molecule has 1 aliphatic heterocycles. The molecule has 19 heavy (non-hydrogen) atoms. The molecule has 0 amide bonds. The summed E-state index contributed by atoms with van der Waals surface area (Å²) in [7, 11) is 0. The van der Waals surface area contributed by atoms with Crippen LogP contribution in [-0.2, 0) is 6.54 Å². The average Bonchev–Trinajstić information content (AvgIpc) is 3.08. The number of imidazole rings is 1. The number of aromatic nitrogens is 2. The summed E-state index contributed by atoms with van der Waals surface area (Å²) in [5.41, 5.74) is 2.51. The van der Waals surface area contributed by atoms with Gasteiger partial charge < -0.3 is 9.88 Å². The minimum absolute atomic E-state index is 0.138. The van der Waals surface area contributed by atoms with Crippen LogP contribution in [0, 0.1) is 0 Å². The predicted octanol–water partition coefficient (Wildman–Crippen LogP) is 3.51. The lowest BCUT2D eigenvalue weighted by Gasteiger charge is -2.16. The summed E-state index contributed by atoms with van der Waals surface area (Å²) in [5, 5.41) is 5.74. The lowest BCUT2D eigenvalue weighted by molar-refractivity contribution is 0.722. The SMILES string of the molecule is c1csc(C2Nc3ccccc3Cn3ccnc32)c1. The molecule has 0 aliphatic carbocycles. The molecule has 1 aromatic carbocycles. The third-order valence-corrected chi connectivity index (χ3v) is 4.43. The molecule has 0 spiro atoms. The maximum Gasteiger partial charge on any atom is 0.137 e. The number of hydrogen-bond donors (Lipinski definition) is 1. The molecule has 0 saturated carbocycles. The number of nitrogens with one attached hydrogen (secondary N) is 1. The first-order chi connectivity index (χ1) is 9.42. The number of fused-ring (bicyclic) bond motifs is 2. The van der Waals surface area contributed by atoms with E-state index in [9.17, 15) is 0 Å². The highest BCUT2D eigenvalue weighted by Gasteiger charge is 2.24. The van der Waals surface area contributed by atoms with E-state index < -0.39 is 0 Å². The molecule has 3 nitrogen and oxygen atoms in total. The van der Waals surface area contributed by atoms with Crippen molar-refractivity contribution in [1.29, 1.82) is 0 Å². The summed E-state index contributed by atoms with van der Waals surface area (Å²) in [5.74, 6) is 1.08. The monoisotopic (exact) mass is 267 g/mol. The Morgan fingerprint density at radius 1 is 1.21 bits per heavy atom. The van der Waals surface area contributed by atoms with Crippen LogP contribution in [0.25, 0.3) is 0 Å². The number of nitrogens with zero attached hydrogens (tertiary/aromatic N) is 2. The standard InChI is InChI=1S/C15H13N3S/c1-2-5-12-11(4-1)10-18-8-7-16-15(18)14(17-12)13-6-3-9-19-13/h1-9,14,17H,10H2. The topological polar surface area (TPSA) is 29.9 Å². The molecule has 3 heterocycles. The zero-order chi connectivity index (χ0) is 12.7. The van der Waals surface area contributed by atoms with Gasteiger partial charge in [0.05, 0.1) is 6.54 Å². The van der Waals surface area contributed by atoms with E-state index in [0.29, 0.717) is 0 Å². The summed E-state index contributed by atoms with van der Waals surface area (Å²) in [6, 6.07) is 12.9. The van der Waals surface area contributed by atoms with Crippen molar-refractivity contribution in [3.63, 3.8) is 0 Å². The van der Waals surface area contributed by atoms with E-state index in [4.69, 9.17) is 0 Å². The van der Waals surface area contributed by atoms with Crippen molar-refractivity contribution in [2.75, 3.05) is 5.32 Å². The zero-order valence-corrected chi connectivity index (χ0v) is 11.1. The molecular weight excluding hydrogens is 254 g/mol. The largest absolute Gasteiger partial charge is 0.371 e. The first kappa shape index (κ1) is 10.8. The Balaban J connectivity index is 1.89. The number of rotatable bonds is 1. The highest BCUT2D eigenvalue weighted by molar-refractivity contribution is 7.10. The van der Waals surface area contributed by atoms with E-state index in [0.717, 1.165) is 12.4 Å². The van der Waals surface area contributed by atoms with Crippen LogP contribution in [0.3, 0.4) is 0 Å². The molecule has 2 aromatic heterocycles. The maximum atomic E-state index is 4.54. The maximum absolute atomic E-state index is 4.54. The minimum Gasteiger partial charge on any atom is -0.371 e. The second kappa shape index (κ2) is 4.24. The fourth-order valence-electron chi connectivity index (χ4n) is 2.57. The lowest BCUT2D eigenvalue weighted by Crippen LogP contribution is -2.13. The van der Waals surface area contributed by atoms with E-state index in [2.05, 4.69) is 62.8 Å². The van der Waals surface area contributed by atoms with E-state index in [1.165, 1.54) is 16.1 Å². The van der Waals surface area contributed by atoms with Crippen LogP contribution in [0.2, 0.25) is 0 Å². The number of thiophene rings is 1. The minimum atomic E-state index is 0.138. The van der Waals surface area contributed by atoms with Crippen LogP contribution >= 0.6 is 11.3 Å². The Morgan fingerprint density at radius 3 is 3.05 bits per heavy atom. The molecule has 1 unspecified atom stereocenters. The second-order valence-corrected chi connectivity index (χ2v) is 5.64. The molecule has 94 valence electrons. The van der Waals surface area contributed by atoms with Gasteiger partial charge in [-0.15, -0.1) is 11.3 Å². The van der Waals surface area contributed by atoms with Crippen molar-refractivity contribution in [3.8, 4) is 0 Å². The van der Waals surface area contributed by atoms with Crippen molar-refractivity contribution in [2.24, 2.45) is 0 Å². The molecule has 0 bridgehead atoms. The highest BCUT2D eigenvalue weighted by Crippen LogP contribution is 2.33. The van der Waals surface area contributed by atoms with Crippen LogP contribution in [0.5, 0.6) is 0 Å². The smallest absolute Gasteiger partial charge is 0.137 e. The summed E-state index contributed by atoms with van der Waals surface area (Å²) in [6.45, 7) is 0.875. The predicted molar refractivity (Wildman–Crippen MR) is 77.6 cm³/mol. The van der Waals surface area contributed by atoms with E-state index >= 15 is 0 Å². The lowest BCUT2D eigenvalue weighted by atomic mass is 10.1. The Morgan fingerprint density at radius 2 is 2.16 bits per heavy atom. The molecule has 4 heteroatoms. The number of anilines is 1. The van der Waals surface area contributed by atoms with Crippen LogP contribution < -0.4 is 5.32 Å². The van der Waals surface area contributed by atoms with Gasteiger partial charge in [-0.1, -0.05) is 24.3 Å². The van der Waals surface area contributed by atoms with Crippen LogP contribution in [0.4, 0.5) is 5.69 Å². The fourth-order valence-corrected chi connectivity index (χ4v) is 3.34. The van der Waals surface area contributed by atoms with Crippen molar-refractivity contribution in [1.82, 2.24) is 9.55 Å². The van der Waals surface area contributed by atoms with Crippen LogP contribution in [-0.4, -0.2) is 9.55 Å². The molecule has 0 fully saturated rings. The van der Waals surface area contributed by atoms with Gasteiger partial charge in [0.1, 0.15) is 11.9 Å². The Hall–Kier alpha value is -2.07. The van der Waals surface area contributed by atoms with Gasteiger partial charge in [-0.3, -0.25) is 0 Å². The molecule has 1 atom stereocenters. The molecule has 0 radical (unpaired) electrons. The molecular formula is C15H13N3S. The summed E-state index contributed by atoms with van der Waals surface area (Å²) >= 11 is 1.76.